The molecule has 4 aromatic heterocycles. The molecule has 13 rings (SSSR count). The first-order valence-corrected chi connectivity index (χ1v) is 21.9. The first-order chi connectivity index (χ1) is 31.8. The molecule has 6 aromatic carbocycles. The average Bonchev–Trinajstić information content (AvgIpc) is 4.04. The van der Waals surface area contributed by atoms with E-state index in [0.717, 1.165) is 22.3 Å². The lowest BCUT2D eigenvalue weighted by Crippen LogP contribution is -2.89. The van der Waals surface area contributed by atoms with E-state index in [2.05, 4.69) is 198 Å². The molecule has 64 heavy (non-hydrogen) atoms. The zero-order valence-corrected chi connectivity index (χ0v) is 34.7. The first kappa shape index (κ1) is 36.7. The van der Waals surface area contributed by atoms with E-state index >= 15 is 0 Å². The minimum Gasteiger partial charge on any atom is -0.417 e. The molecule has 0 fully saturated rings. The molecular formula is C48H30B4N10OS. The van der Waals surface area contributed by atoms with Crippen LogP contribution < -0.4 is 75.0 Å². The highest BCUT2D eigenvalue weighted by Crippen LogP contribution is 2.36. The number of thiophene rings is 1. The van der Waals surface area contributed by atoms with Gasteiger partial charge in [-0.25, -0.2) is 29.9 Å². The number of nitrogens with zero attached hydrogens (tertiary/aromatic N) is 10. The van der Waals surface area contributed by atoms with Crippen LogP contribution in [0.3, 0.4) is 0 Å². The van der Waals surface area contributed by atoms with E-state index in [0.29, 0.717) is 5.79 Å². The maximum absolute atomic E-state index is 6.68. The van der Waals surface area contributed by atoms with E-state index in [-0.39, 0.29) is 44.8 Å². The van der Waals surface area contributed by atoms with Crippen molar-refractivity contribution >= 4 is 138 Å². The van der Waals surface area contributed by atoms with Crippen LogP contribution >= 0.6 is 11.3 Å². The largest absolute Gasteiger partial charge is 0.417 e. The van der Waals surface area contributed by atoms with E-state index in [1.807, 2.05) is 11.3 Å². The standard InChI is InChI=1S/C48H30B4N10OS/c1-3-13-31(14-4-1)61(32-15-5-2-6-16-32)42-26-25-41(64-42)49-33-17-7-8-18-34(33)50-39-23-12-24-40-44(39)51(38-22-11-21-37(49)43(38)50)35-19-9-10-20-36(35)52(40)45-59-60-48(63-45)62(46-55-27-53-28-56-46)47-57-29-54-30-58-47/h1-30H. The van der Waals surface area contributed by atoms with E-state index in [1.54, 1.807) is 0 Å². The van der Waals surface area contributed by atoms with Gasteiger partial charge < -0.3 is 9.32 Å². The highest BCUT2D eigenvalue weighted by atomic mass is 32.1. The van der Waals surface area contributed by atoms with Crippen LogP contribution in [-0.4, -0.2) is 67.0 Å². The van der Waals surface area contributed by atoms with Crippen LogP contribution in [0.15, 0.2) is 187 Å². The van der Waals surface area contributed by atoms with Gasteiger partial charge in [0.25, 0.3) is 6.71 Å². The minimum atomic E-state index is -0.347. The van der Waals surface area contributed by atoms with Crippen LogP contribution in [0.4, 0.5) is 34.3 Å². The highest BCUT2D eigenvalue weighted by molar-refractivity contribution is 7.32. The molecule has 0 N–H and O–H groups in total. The van der Waals surface area contributed by atoms with Gasteiger partial charge in [0.15, 0.2) is 5.79 Å². The molecule has 0 saturated heterocycles. The Kier molecular flexibility index (Phi) is 8.51. The Balaban J connectivity index is 0.965. The van der Waals surface area contributed by atoms with Gasteiger partial charge in [-0.1, -0.05) is 187 Å². The summed E-state index contributed by atoms with van der Waals surface area (Å²) in [6.07, 6.45) is 5.61. The molecule has 296 valence electrons. The number of rotatable bonds is 8. The molecular weight excluding hydrogens is 808 g/mol. The van der Waals surface area contributed by atoms with E-state index in [1.165, 1.54) is 83.7 Å². The minimum absolute atomic E-state index is 0.00404. The third-order valence-corrected chi connectivity index (χ3v) is 13.9. The second-order valence-corrected chi connectivity index (χ2v) is 17.1. The van der Waals surface area contributed by atoms with Crippen LogP contribution in [0.25, 0.3) is 0 Å². The molecule has 10 aromatic rings. The Morgan fingerprint density at radius 3 is 1.36 bits per heavy atom. The van der Waals surface area contributed by atoms with Crippen molar-refractivity contribution in [2.45, 2.75) is 0 Å². The lowest BCUT2D eigenvalue weighted by Gasteiger charge is -2.42. The summed E-state index contributed by atoms with van der Waals surface area (Å²) in [6.45, 7) is -0.267. The van der Waals surface area contributed by atoms with Gasteiger partial charge in [0.2, 0.25) is 25.3 Å². The van der Waals surface area contributed by atoms with Crippen molar-refractivity contribution in [3.63, 3.8) is 0 Å². The Hall–Kier alpha value is -7.96. The van der Waals surface area contributed by atoms with Gasteiger partial charge in [-0.05, 0) is 35.1 Å². The molecule has 16 heteroatoms. The summed E-state index contributed by atoms with van der Waals surface area (Å²) in [5.74, 6) is 0.921. The topological polar surface area (TPSA) is 123 Å². The van der Waals surface area contributed by atoms with Crippen molar-refractivity contribution in [1.82, 2.24) is 40.1 Å². The third kappa shape index (κ3) is 5.65. The molecule has 0 saturated carbocycles. The van der Waals surface area contributed by atoms with Crippen LogP contribution in [-0.2, 0) is 0 Å². The second-order valence-electron chi connectivity index (χ2n) is 16.0. The molecule has 3 aliphatic heterocycles. The quantitative estimate of drug-likeness (QED) is 0.199. The average molecular weight is 838 g/mol. The predicted molar refractivity (Wildman–Crippen MR) is 259 cm³/mol. The van der Waals surface area contributed by atoms with Gasteiger partial charge in [0.05, 0.1) is 5.00 Å². The number of hydrogen-bond acceptors (Lipinski definition) is 12. The zero-order chi connectivity index (χ0) is 42.1. The highest BCUT2D eigenvalue weighted by Gasteiger charge is 2.51. The third-order valence-electron chi connectivity index (χ3n) is 12.8. The molecule has 0 atom stereocenters. The SMILES string of the molecule is c1ccc(N(c2ccccc2)c2ccc(B3c4ccccc4B4c5cccc6c5B(c5ccccc5B6c5nnc(N(c6ncncn6)c6ncncn6)o5)c5cccc3c54)s2)cc1. The molecule has 0 unspecified atom stereocenters. The van der Waals surface area contributed by atoms with Crippen molar-refractivity contribution in [3.8, 4) is 0 Å². The number of aromatic nitrogens is 8. The molecule has 0 radical (unpaired) electrons. The van der Waals surface area contributed by atoms with Gasteiger partial charge in [-0.3, -0.25) is 0 Å². The van der Waals surface area contributed by atoms with Gasteiger partial charge >= 0.3 is 12.7 Å². The first-order valence-electron chi connectivity index (χ1n) is 21.1. The van der Waals surface area contributed by atoms with Gasteiger partial charge in [-0.15, -0.1) is 16.4 Å². The molecule has 7 heterocycles. The molecule has 0 spiro atoms. The van der Waals surface area contributed by atoms with E-state index < -0.39 is 0 Å². The summed E-state index contributed by atoms with van der Waals surface area (Å²) >= 11 is 1.87. The number of para-hydroxylation sites is 2. The lowest BCUT2D eigenvalue weighted by molar-refractivity contribution is 0.588. The summed E-state index contributed by atoms with van der Waals surface area (Å²) in [5.41, 5.74) is 15.1. The fourth-order valence-electron chi connectivity index (χ4n) is 10.4. The van der Waals surface area contributed by atoms with Crippen LogP contribution in [0.5, 0.6) is 0 Å². The van der Waals surface area contributed by atoms with Crippen LogP contribution in [0, 0.1) is 0 Å². The molecule has 11 nitrogen and oxygen atoms in total. The van der Waals surface area contributed by atoms with Crippen molar-refractivity contribution in [2.75, 3.05) is 9.80 Å². The van der Waals surface area contributed by atoms with Crippen LogP contribution in [0.1, 0.15) is 0 Å². The number of anilines is 6. The fourth-order valence-corrected chi connectivity index (χ4v) is 11.6. The molecule has 3 aliphatic rings. The monoisotopic (exact) mass is 838 g/mol. The second kappa shape index (κ2) is 14.8. The zero-order valence-electron chi connectivity index (χ0n) is 33.9. The smallest absolute Gasteiger partial charge is 0.331 e. The summed E-state index contributed by atoms with van der Waals surface area (Å²) in [6, 6.07) is 57.6. The van der Waals surface area contributed by atoms with Crippen molar-refractivity contribution in [2.24, 2.45) is 0 Å². The van der Waals surface area contributed by atoms with Crippen molar-refractivity contribution < 1.29 is 4.42 Å². The molecule has 0 aliphatic carbocycles. The summed E-state index contributed by atoms with van der Waals surface area (Å²) in [5, 5.41) is 10.5. The van der Waals surface area contributed by atoms with Crippen molar-refractivity contribution in [3.05, 3.63) is 183 Å². The Morgan fingerprint density at radius 2 is 0.828 bits per heavy atom. The Morgan fingerprint density at radius 1 is 0.391 bits per heavy atom. The van der Waals surface area contributed by atoms with Gasteiger partial charge in [0.1, 0.15) is 25.3 Å². The van der Waals surface area contributed by atoms with Gasteiger partial charge in [-0.2, -0.15) is 4.90 Å². The Bertz CT molecular complexity index is 3060. The fraction of sp³-hybridized carbons (Fsp3) is 0. The number of hydrogen-bond donors (Lipinski definition) is 0. The number of benzene rings is 6. The summed E-state index contributed by atoms with van der Waals surface area (Å²) in [7, 11) is 0. The number of fused-ring (bicyclic) bond motifs is 6. The normalized spacial score (nSPS) is 12.9. The predicted octanol–water partition coefficient (Wildman–Crippen LogP) is 0.446. The lowest BCUT2D eigenvalue weighted by atomic mass is 9.11. The molecule has 0 bridgehead atoms. The van der Waals surface area contributed by atoms with Crippen LogP contribution in [0.2, 0.25) is 0 Å². The Labute approximate surface area is 373 Å². The molecule has 0 amide bonds. The van der Waals surface area contributed by atoms with E-state index in [9.17, 15) is 0 Å². The van der Waals surface area contributed by atoms with Crippen molar-refractivity contribution in [1.29, 1.82) is 0 Å². The summed E-state index contributed by atoms with van der Waals surface area (Å²) < 4.78 is 7.99. The van der Waals surface area contributed by atoms with E-state index in [4.69, 9.17) is 9.52 Å². The summed E-state index contributed by atoms with van der Waals surface area (Å²) in [4.78, 5) is 29.4. The van der Waals surface area contributed by atoms with Gasteiger partial charge in [0, 0.05) is 11.4 Å². The maximum Gasteiger partial charge on any atom is 0.331 e. The maximum atomic E-state index is 6.68.